The predicted molar refractivity (Wildman–Crippen MR) is 82.3 cm³/mol. The highest BCUT2D eigenvalue weighted by atomic mass is 16.2. The molecule has 0 aliphatic heterocycles. The first-order valence-corrected chi connectivity index (χ1v) is 7.09. The Morgan fingerprint density at radius 2 is 1.95 bits per heavy atom. The number of amides is 2. The van der Waals surface area contributed by atoms with E-state index < -0.39 is 5.92 Å². The van der Waals surface area contributed by atoms with Crippen LogP contribution < -0.4 is 16.6 Å². The summed E-state index contributed by atoms with van der Waals surface area (Å²) in [6.45, 7) is 3.34. The van der Waals surface area contributed by atoms with Crippen LogP contribution in [0.1, 0.15) is 24.8 Å². The van der Waals surface area contributed by atoms with Crippen LogP contribution in [0.3, 0.4) is 0 Å². The van der Waals surface area contributed by atoms with Gasteiger partial charge in [-0.15, -0.1) is 0 Å². The van der Waals surface area contributed by atoms with E-state index in [1.165, 1.54) is 0 Å². The van der Waals surface area contributed by atoms with E-state index in [4.69, 9.17) is 5.84 Å². The van der Waals surface area contributed by atoms with Crippen LogP contribution in [0.4, 0.5) is 0 Å². The molecule has 1 atom stereocenters. The van der Waals surface area contributed by atoms with Crippen LogP contribution in [0.5, 0.6) is 0 Å². The van der Waals surface area contributed by atoms with Crippen LogP contribution in [0, 0.1) is 0 Å². The van der Waals surface area contributed by atoms with E-state index >= 15 is 0 Å². The molecule has 6 heteroatoms. The molecule has 2 amide bonds. The third-order valence-corrected chi connectivity index (χ3v) is 3.14. The van der Waals surface area contributed by atoms with Gasteiger partial charge in [0.15, 0.2) is 0 Å². The Hall–Kier alpha value is -1.92. The fraction of sp³-hybridized carbons (Fsp3) is 0.467. The highest BCUT2D eigenvalue weighted by Crippen LogP contribution is 2.16. The van der Waals surface area contributed by atoms with E-state index in [2.05, 4.69) is 10.7 Å². The molecule has 4 N–H and O–H groups in total. The van der Waals surface area contributed by atoms with Crippen molar-refractivity contribution in [1.29, 1.82) is 0 Å². The van der Waals surface area contributed by atoms with E-state index in [1.54, 1.807) is 0 Å². The zero-order chi connectivity index (χ0) is 15.7. The summed E-state index contributed by atoms with van der Waals surface area (Å²) in [6.07, 6.45) is 0.900. The van der Waals surface area contributed by atoms with Gasteiger partial charge in [0.1, 0.15) is 0 Å². The lowest BCUT2D eigenvalue weighted by Gasteiger charge is -2.22. The van der Waals surface area contributed by atoms with Crippen molar-refractivity contribution < 1.29 is 9.59 Å². The van der Waals surface area contributed by atoms with E-state index in [0.29, 0.717) is 13.1 Å². The second-order valence-corrected chi connectivity index (χ2v) is 5.02. The number of nitrogens with zero attached hydrogens (tertiary/aromatic N) is 1. The molecule has 0 aromatic heterocycles. The van der Waals surface area contributed by atoms with E-state index in [-0.39, 0.29) is 18.4 Å². The molecular formula is C15H24N4O2. The van der Waals surface area contributed by atoms with Gasteiger partial charge in [0.05, 0.1) is 12.5 Å². The number of benzene rings is 1. The molecule has 116 valence electrons. The summed E-state index contributed by atoms with van der Waals surface area (Å²) in [5.41, 5.74) is 3.07. The zero-order valence-corrected chi connectivity index (χ0v) is 12.6. The first kappa shape index (κ1) is 17.1. The van der Waals surface area contributed by atoms with Crippen molar-refractivity contribution in [3.05, 3.63) is 35.9 Å². The maximum absolute atomic E-state index is 11.9. The standard InChI is InChI=1S/C15H24N4O2/c1-3-9-17-14(20)11-19(2)10-13(15(21)18-16)12-7-5-4-6-8-12/h4-8,13H,3,9-11,16H2,1-2H3,(H,17,20)(H,18,21). The van der Waals surface area contributed by atoms with Gasteiger partial charge in [-0.05, 0) is 19.0 Å². The lowest BCUT2D eigenvalue weighted by atomic mass is 9.98. The molecule has 0 aliphatic rings. The summed E-state index contributed by atoms with van der Waals surface area (Å²) in [6, 6.07) is 9.40. The van der Waals surface area contributed by atoms with E-state index in [9.17, 15) is 9.59 Å². The number of carbonyl (C=O) groups is 2. The Labute approximate surface area is 125 Å². The average Bonchev–Trinajstić information content (AvgIpc) is 2.50. The minimum atomic E-state index is -0.403. The SMILES string of the molecule is CCCNC(=O)CN(C)CC(C(=O)NN)c1ccccc1. The molecule has 6 nitrogen and oxygen atoms in total. The van der Waals surface area contributed by atoms with Crippen LogP contribution in [0.15, 0.2) is 30.3 Å². The molecule has 1 aromatic carbocycles. The highest BCUT2D eigenvalue weighted by molar-refractivity contribution is 5.83. The maximum Gasteiger partial charge on any atom is 0.242 e. The predicted octanol–water partition coefficient (Wildman–Crippen LogP) is 0.218. The van der Waals surface area contributed by atoms with Crippen molar-refractivity contribution in [1.82, 2.24) is 15.6 Å². The van der Waals surface area contributed by atoms with Gasteiger partial charge in [-0.25, -0.2) is 5.84 Å². The molecule has 0 aliphatic carbocycles. The Bertz CT molecular complexity index is 450. The molecule has 0 saturated carbocycles. The first-order chi connectivity index (χ1) is 10.1. The fourth-order valence-electron chi connectivity index (χ4n) is 2.07. The molecule has 0 radical (unpaired) electrons. The lowest BCUT2D eigenvalue weighted by Crippen LogP contribution is -2.42. The van der Waals surface area contributed by atoms with Gasteiger partial charge in [0.2, 0.25) is 11.8 Å². The van der Waals surface area contributed by atoms with Gasteiger partial charge < -0.3 is 5.32 Å². The Balaban J connectivity index is 2.65. The third-order valence-electron chi connectivity index (χ3n) is 3.14. The van der Waals surface area contributed by atoms with Crippen molar-refractivity contribution in [3.8, 4) is 0 Å². The normalized spacial score (nSPS) is 12.0. The molecule has 0 bridgehead atoms. The van der Waals surface area contributed by atoms with Crippen molar-refractivity contribution in [2.45, 2.75) is 19.3 Å². The minimum absolute atomic E-state index is 0.0423. The van der Waals surface area contributed by atoms with Gasteiger partial charge in [-0.1, -0.05) is 37.3 Å². The molecule has 0 spiro atoms. The average molecular weight is 292 g/mol. The van der Waals surface area contributed by atoms with Crippen LogP contribution in [0.25, 0.3) is 0 Å². The molecule has 21 heavy (non-hydrogen) atoms. The van der Waals surface area contributed by atoms with Crippen molar-refractivity contribution in [2.24, 2.45) is 5.84 Å². The minimum Gasteiger partial charge on any atom is -0.355 e. The maximum atomic E-state index is 11.9. The summed E-state index contributed by atoms with van der Waals surface area (Å²) in [5.74, 6) is 4.55. The van der Waals surface area contributed by atoms with Crippen molar-refractivity contribution >= 4 is 11.8 Å². The lowest BCUT2D eigenvalue weighted by molar-refractivity contribution is -0.125. The second-order valence-electron chi connectivity index (χ2n) is 5.02. The molecule has 1 aromatic rings. The van der Waals surface area contributed by atoms with Crippen LogP contribution >= 0.6 is 0 Å². The van der Waals surface area contributed by atoms with E-state index in [0.717, 1.165) is 12.0 Å². The number of carbonyl (C=O) groups excluding carboxylic acids is 2. The number of rotatable bonds is 8. The summed E-state index contributed by atoms with van der Waals surface area (Å²) in [4.78, 5) is 25.5. The number of hydrogen-bond donors (Lipinski definition) is 3. The summed E-state index contributed by atoms with van der Waals surface area (Å²) in [7, 11) is 1.81. The number of likely N-dealkylation sites (N-methyl/N-ethyl adjacent to an activating group) is 1. The van der Waals surface area contributed by atoms with Gasteiger partial charge >= 0.3 is 0 Å². The number of hydrazine groups is 1. The van der Waals surface area contributed by atoms with Gasteiger partial charge in [-0.3, -0.25) is 19.9 Å². The topological polar surface area (TPSA) is 87.5 Å². The monoisotopic (exact) mass is 292 g/mol. The first-order valence-electron chi connectivity index (χ1n) is 7.09. The van der Waals surface area contributed by atoms with Crippen molar-refractivity contribution in [2.75, 3.05) is 26.7 Å². The number of nitrogens with one attached hydrogen (secondary N) is 2. The third kappa shape index (κ3) is 5.93. The molecule has 0 heterocycles. The van der Waals surface area contributed by atoms with Gasteiger partial charge in [0.25, 0.3) is 0 Å². The van der Waals surface area contributed by atoms with Crippen LogP contribution in [-0.2, 0) is 9.59 Å². The molecular weight excluding hydrogens is 268 g/mol. The Kier molecular flexibility index (Phi) is 7.42. The van der Waals surface area contributed by atoms with Crippen LogP contribution in [0.2, 0.25) is 0 Å². The quantitative estimate of drug-likeness (QED) is 0.363. The van der Waals surface area contributed by atoms with Gasteiger partial charge in [-0.2, -0.15) is 0 Å². The summed E-state index contributed by atoms with van der Waals surface area (Å²) in [5, 5.41) is 2.81. The second kappa shape index (κ2) is 9.10. The molecule has 1 unspecified atom stereocenters. The Morgan fingerprint density at radius 1 is 1.29 bits per heavy atom. The highest BCUT2D eigenvalue weighted by Gasteiger charge is 2.22. The summed E-state index contributed by atoms with van der Waals surface area (Å²) >= 11 is 0. The Morgan fingerprint density at radius 3 is 2.52 bits per heavy atom. The van der Waals surface area contributed by atoms with Gasteiger partial charge in [0, 0.05) is 13.1 Å². The fourth-order valence-corrected chi connectivity index (χ4v) is 2.07. The van der Waals surface area contributed by atoms with E-state index in [1.807, 2.05) is 49.2 Å². The van der Waals surface area contributed by atoms with Crippen LogP contribution in [-0.4, -0.2) is 43.4 Å². The largest absolute Gasteiger partial charge is 0.355 e. The molecule has 1 rings (SSSR count). The number of hydrogen-bond acceptors (Lipinski definition) is 4. The smallest absolute Gasteiger partial charge is 0.242 e. The zero-order valence-electron chi connectivity index (χ0n) is 12.6. The van der Waals surface area contributed by atoms with Crippen molar-refractivity contribution in [3.63, 3.8) is 0 Å². The molecule has 0 saturated heterocycles. The summed E-state index contributed by atoms with van der Waals surface area (Å²) < 4.78 is 0. The molecule has 0 fully saturated rings. The number of nitrogens with two attached hydrogens (primary N) is 1.